The van der Waals surface area contributed by atoms with Crippen molar-refractivity contribution in [1.82, 2.24) is 0 Å². The highest BCUT2D eigenvalue weighted by molar-refractivity contribution is 6.02. The summed E-state index contributed by atoms with van der Waals surface area (Å²) >= 11 is 0. The zero-order chi connectivity index (χ0) is 28.1. The highest BCUT2D eigenvalue weighted by atomic mass is 16.5. The first-order valence-electron chi connectivity index (χ1n) is 13.1. The highest BCUT2D eigenvalue weighted by Crippen LogP contribution is 2.42. The van der Waals surface area contributed by atoms with Gasteiger partial charge in [-0.3, -0.25) is 5.01 Å². The molecule has 8 nitrogen and oxygen atoms in total. The summed E-state index contributed by atoms with van der Waals surface area (Å²) in [6.45, 7) is 10.4. The van der Waals surface area contributed by atoms with Gasteiger partial charge >= 0.3 is 5.97 Å². The van der Waals surface area contributed by atoms with Crippen molar-refractivity contribution >= 4 is 29.1 Å². The fourth-order valence-electron chi connectivity index (χ4n) is 4.75. The zero-order valence-electron chi connectivity index (χ0n) is 23.0. The van der Waals surface area contributed by atoms with Crippen molar-refractivity contribution in [2.75, 3.05) is 30.1 Å². The molecule has 1 atom stereocenters. The Morgan fingerprint density at radius 1 is 1.21 bits per heavy atom. The third-order valence-electron chi connectivity index (χ3n) is 6.99. The number of carboxylic acids is 1. The van der Waals surface area contributed by atoms with Crippen LogP contribution in [0.5, 0.6) is 5.75 Å². The predicted molar refractivity (Wildman–Crippen MR) is 153 cm³/mol. The lowest BCUT2D eigenvalue weighted by Crippen LogP contribution is -2.23. The average Bonchev–Trinajstić information content (AvgIpc) is 3.59. The monoisotopic (exact) mass is 526 g/mol. The Kier molecular flexibility index (Phi) is 8.40. The van der Waals surface area contributed by atoms with Gasteiger partial charge in [0.2, 0.25) is 0 Å². The molecule has 3 aromatic rings. The summed E-state index contributed by atoms with van der Waals surface area (Å²) in [7, 11) is 1.67. The molecule has 1 unspecified atom stereocenters. The number of methoxy groups -OCH3 is 1. The van der Waals surface area contributed by atoms with Gasteiger partial charge in [-0.25, -0.2) is 4.79 Å². The van der Waals surface area contributed by atoms with Crippen molar-refractivity contribution in [1.29, 1.82) is 5.26 Å². The molecule has 0 amide bonds. The van der Waals surface area contributed by atoms with Gasteiger partial charge in [0, 0.05) is 37.3 Å². The second-order valence-electron chi connectivity index (χ2n) is 9.64. The predicted octanol–water partition coefficient (Wildman–Crippen LogP) is 6.61. The largest absolute Gasteiger partial charge is 0.494 e. The standard InChI is InChI=1S/C31H34N4O4/c1-6-34(7-2)24-12-14-27(30(17-24)38-5)35-28(22-10-8-21(9-11-22)20(3)4)18-26(33-35)29-15-13-25(39-29)16-23(19-32)31(36)37/h8-17,20,28H,6-7,18H2,1-5H3,(H,36,37). The lowest BCUT2D eigenvalue weighted by atomic mass is 9.96. The lowest BCUT2D eigenvalue weighted by molar-refractivity contribution is -0.132. The first-order valence-corrected chi connectivity index (χ1v) is 13.1. The Hall–Kier alpha value is -4.51. The number of benzene rings is 2. The van der Waals surface area contributed by atoms with E-state index in [2.05, 4.69) is 62.9 Å². The summed E-state index contributed by atoms with van der Waals surface area (Å²) in [5.41, 5.74) is 4.61. The van der Waals surface area contributed by atoms with E-state index in [0.29, 0.717) is 18.1 Å². The van der Waals surface area contributed by atoms with Gasteiger partial charge in [-0.15, -0.1) is 0 Å². The number of aliphatic carboxylic acids is 1. The Morgan fingerprint density at radius 2 is 1.92 bits per heavy atom. The smallest absolute Gasteiger partial charge is 0.346 e. The average molecular weight is 527 g/mol. The summed E-state index contributed by atoms with van der Waals surface area (Å²) in [5.74, 6) is 0.649. The van der Waals surface area contributed by atoms with Crippen LogP contribution in [0.1, 0.15) is 68.7 Å². The van der Waals surface area contributed by atoms with Crippen molar-refractivity contribution < 1.29 is 19.1 Å². The molecular formula is C31H34N4O4. The molecular weight excluding hydrogens is 492 g/mol. The van der Waals surface area contributed by atoms with E-state index in [4.69, 9.17) is 19.5 Å². The van der Waals surface area contributed by atoms with Gasteiger partial charge in [0.25, 0.3) is 0 Å². The van der Waals surface area contributed by atoms with Gasteiger partial charge in [-0.1, -0.05) is 38.1 Å². The van der Waals surface area contributed by atoms with Crippen molar-refractivity contribution in [3.63, 3.8) is 0 Å². The van der Waals surface area contributed by atoms with Crippen LogP contribution >= 0.6 is 0 Å². The van der Waals surface area contributed by atoms with Gasteiger partial charge < -0.3 is 19.2 Å². The van der Waals surface area contributed by atoms with Crippen LogP contribution in [0.2, 0.25) is 0 Å². The fraction of sp³-hybridized carbons (Fsp3) is 0.323. The van der Waals surface area contributed by atoms with Gasteiger partial charge in [0.05, 0.1) is 13.2 Å². The molecule has 0 saturated carbocycles. The zero-order valence-corrected chi connectivity index (χ0v) is 23.0. The molecule has 0 radical (unpaired) electrons. The molecule has 1 aliphatic heterocycles. The van der Waals surface area contributed by atoms with Crippen molar-refractivity contribution in [3.05, 3.63) is 82.8 Å². The van der Waals surface area contributed by atoms with Crippen LogP contribution in [0, 0.1) is 11.3 Å². The molecule has 0 spiro atoms. The van der Waals surface area contributed by atoms with Crippen LogP contribution in [-0.2, 0) is 4.79 Å². The molecule has 202 valence electrons. The van der Waals surface area contributed by atoms with E-state index in [9.17, 15) is 9.90 Å². The Balaban J connectivity index is 1.76. The number of anilines is 2. The van der Waals surface area contributed by atoms with Crippen LogP contribution in [0.15, 0.2) is 69.7 Å². The molecule has 1 N–H and O–H groups in total. The molecule has 8 heteroatoms. The van der Waals surface area contributed by atoms with Crippen LogP contribution in [-0.4, -0.2) is 37.0 Å². The summed E-state index contributed by atoms with van der Waals surface area (Å²) in [5, 5.41) is 25.2. The first-order chi connectivity index (χ1) is 18.8. The Labute approximate surface area is 229 Å². The van der Waals surface area contributed by atoms with Gasteiger partial charge in [0.15, 0.2) is 5.76 Å². The molecule has 0 bridgehead atoms. The van der Waals surface area contributed by atoms with Crippen molar-refractivity contribution in [2.45, 2.75) is 46.1 Å². The highest BCUT2D eigenvalue weighted by Gasteiger charge is 2.33. The molecule has 4 rings (SSSR count). The minimum atomic E-state index is -1.30. The summed E-state index contributed by atoms with van der Waals surface area (Å²) in [6, 6.07) is 19.7. The summed E-state index contributed by atoms with van der Waals surface area (Å²) in [6.07, 6.45) is 1.79. The van der Waals surface area contributed by atoms with Crippen molar-refractivity contribution in [3.8, 4) is 11.8 Å². The number of ether oxygens (including phenoxy) is 1. The maximum absolute atomic E-state index is 11.3. The van der Waals surface area contributed by atoms with E-state index in [1.165, 1.54) is 11.6 Å². The van der Waals surface area contributed by atoms with E-state index < -0.39 is 11.5 Å². The molecule has 2 heterocycles. The van der Waals surface area contributed by atoms with E-state index in [-0.39, 0.29) is 11.8 Å². The number of furan rings is 1. The van der Waals surface area contributed by atoms with Gasteiger partial charge in [-0.05, 0) is 55.2 Å². The number of hydrogen-bond donors (Lipinski definition) is 1. The van der Waals surface area contributed by atoms with E-state index in [1.807, 2.05) is 17.1 Å². The third-order valence-corrected chi connectivity index (χ3v) is 6.99. The number of nitriles is 1. The Morgan fingerprint density at radius 3 is 2.51 bits per heavy atom. The van der Waals surface area contributed by atoms with Crippen LogP contribution in [0.4, 0.5) is 11.4 Å². The lowest BCUT2D eigenvalue weighted by Gasteiger charge is -2.28. The number of hydrazone groups is 1. The van der Waals surface area contributed by atoms with E-state index in [0.717, 1.165) is 41.5 Å². The molecule has 1 aromatic heterocycles. The second kappa shape index (κ2) is 11.9. The number of rotatable bonds is 10. The molecule has 1 aliphatic rings. The number of carboxylic acid groups (broad SMARTS) is 1. The van der Waals surface area contributed by atoms with E-state index in [1.54, 1.807) is 25.3 Å². The van der Waals surface area contributed by atoms with Crippen LogP contribution in [0.25, 0.3) is 6.08 Å². The number of nitrogens with zero attached hydrogens (tertiary/aromatic N) is 4. The quantitative estimate of drug-likeness (QED) is 0.234. The van der Waals surface area contributed by atoms with Crippen molar-refractivity contribution in [2.24, 2.45) is 5.10 Å². The van der Waals surface area contributed by atoms with E-state index >= 15 is 0 Å². The fourth-order valence-corrected chi connectivity index (χ4v) is 4.75. The molecule has 0 aliphatic carbocycles. The third kappa shape index (κ3) is 5.83. The maximum Gasteiger partial charge on any atom is 0.346 e. The molecule has 0 saturated heterocycles. The molecule has 0 fully saturated rings. The number of carbonyl (C=O) groups is 1. The first kappa shape index (κ1) is 27.5. The number of hydrogen-bond acceptors (Lipinski definition) is 7. The second-order valence-corrected chi connectivity index (χ2v) is 9.64. The normalized spacial score (nSPS) is 15.3. The van der Waals surface area contributed by atoms with Gasteiger partial charge in [-0.2, -0.15) is 10.4 Å². The maximum atomic E-state index is 11.3. The molecule has 2 aromatic carbocycles. The van der Waals surface area contributed by atoms with Crippen LogP contribution in [0.3, 0.4) is 0 Å². The Bertz CT molecular complexity index is 1430. The molecule has 39 heavy (non-hydrogen) atoms. The topological polar surface area (TPSA) is 102 Å². The SMILES string of the molecule is CCN(CC)c1ccc(N2N=C(c3ccc(C=C(C#N)C(=O)O)o3)CC2c2ccc(C(C)C)cc2)c(OC)c1. The van der Waals surface area contributed by atoms with Gasteiger partial charge in [0.1, 0.15) is 34.6 Å². The minimum Gasteiger partial charge on any atom is -0.494 e. The minimum absolute atomic E-state index is 0.104. The van der Waals surface area contributed by atoms with Crippen LogP contribution < -0.4 is 14.6 Å². The summed E-state index contributed by atoms with van der Waals surface area (Å²) < 4.78 is 11.8. The summed E-state index contributed by atoms with van der Waals surface area (Å²) in [4.78, 5) is 13.5.